The Morgan fingerprint density at radius 2 is 2.00 bits per heavy atom. The Morgan fingerprint density at radius 3 is 2.57 bits per heavy atom. The van der Waals surface area contributed by atoms with Gasteiger partial charge in [0.15, 0.2) is 0 Å². The zero-order chi connectivity index (χ0) is 16.9. The highest BCUT2D eigenvalue weighted by Gasteiger charge is 2.40. The molecule has 0 radical (unpaired) electrons. The quantitative estimate of drug-likeness (QED) is 0.710. The number of hydrogen-bond donors (Lipinski definition) is 3. The van der Waals surface area contributed by atoms with Crippen LogP contribution in [0, 0.1) is 0 Å². The Morgan fingerprint density at radius 1 is 1.26 bits per heavy atom. The van der Waals surface area contributed by atoms with E-state index in [9.17, 15) is 14.4 Å². The lowest BCUT2D eigenvalue weighted by Crippen LogP contribution is -2.54. The number of amides is 2. The summed E-state index contributed by atoms with van der Waals surface area (Å²) in [5.41, 5.74) is 0.904. The van der Waals surface area contributed by atoms with Crippen molar-refractivity contribution in [3.8, 4) is 0 Å². The lowest BCUT2D eigenvalue weighted by Gasteiger charge is -2.41. The van der Waals surface area contributed by atoms with Gasteiger partial charge in [-0.05, 0) is 43.4 Å². The van der Waals surface area contributed by atoms with E-state index >= 15 is 0 Å². The van der Waals surface area contributed by atoms with E-state index in [1.165, 1.54) is 0 Å². The van der Waals surface area contributed by atoms with Gasteiger partial charge in [0.1, 0.15) is 0 Å². The van der Waals surface area contributed by atoms with Crippen LogP contribution in [0.15, 0.2) is 24.3 Å². The molecule has 2 amide bonds. The Bertz CT molecular complexity index is 608. The molecular formula is C17H22N2O4. The van der Waals surface area contributed by atoms with E-state index in [1.807, 2.05) is 6.07 Å². The summed E-state index contributed by atoms with van der Waals surface area (Å²) in [4.78, 5) is 34.6. The van der Waals surface area contributed by atoms with E-state index in [1.54, 1.807) is 25.2 Å². The van der Waals surface area contributed by atoms with Crippen LogP contribution in [0.1, 0.15) is 48.0 Å². The third-order valence-electron chi connectivity index (χ3n) is 4.26. The molecular weight excluding hydrogens is 296 g/mol. The number of carbonyl (C=O) groups excluding carboxylic acids is 2. The number of hydrogen-bond acceptors (Lipinski definition) is 3. The normalized spacial score (nSPS) is 15.3. The predicted molar refractivity (Wildman–Crippen MR) is 85.1 cm³/mol. The number of aryl methyl sites for hydroxylation is 1. The largest absolute Gasteiger partial charge is 0.481 e. The first-order valence-electron chi connectivity index (χ1n) is 7.78. The number of benzene rings is 1. The van der Waals surface area contributed by atoms with E-state index in [0.29, 0.717) is 12.0 Å². The number of rotatable bonds is 7. The van der Waals surface area contributed by atoms with Crippen molar-refractivity contribution >= 4 is 17.8 Å². The van der Waals surface area contributed by atoms with Gasteiger partial charge in [-0.2, -0.15) is 0 Å². The molecule has 124 valence electrons. The van der Waals surface area contributed by atoms with Gasteiger partial charge in [0.05, 0.1) is 12.0 Å². The molecule has 2 rings (SSSR count). The van der Waals surface area contributed by atoms with Crippen LogP contribution in [0.4, 0.5) is 0 Å². The van der Waals surface area contributed by atoms with Crippen LogP contribution < -0.4 is 10.6 Å². The monoisotopic (exact) mass is 318 g/mol. The predicted octanol–water partition coefficient (Wildman–Crippen LogP) is 1.49. The standard InChI is InChI=1S/C17H22N2O4/c1-18-16(23)13-5-2-4-12(10-13)6-7-14(20)19-17(8-3-9-17)11-15(21)22/h2,4-5,10H,3,6-9,11H2,1H3,(H,18,23)(H,19,20)(H,21,22). The fourth-order valence-corrected chi connectivity index (χ4v) is 2.87. The minimum absolute atomic E-state index is 0.0229. The summed E-state index contributed by atoms with van der Waals surface area (Å²) in [6.45, 7) is 0. The Kier molecular flexibility index (Phi) is 5.36. The molecule has 0 spiro atoms. The third-order valence-corrected chi connectivity index (χ3v) is 4.26. The molecule has 0 aromatic heterocycles. The second-order valence-corrected chi connectivity index (χ2v) is 6.03. The molecule has 1 aromatic rings. The summed E-state index contributed by atoms with van der Waals surface area (Å²) in [6, 6.07) is 7.15. The Balaban J connectivity index is 1.89. The van der Waals surface area contributed by atoms with Crippen LogP contribution in [-0.4, -0.2) is 35.5 Å². The van der Waals surface area contributed by atoms with Gasteiger partial charge in [0.2, 0.25) is 5.91 Å². The molecule has 1 aliphatic rings. The average molecular weight is 318 g/mol. The molecule has 0 saturated heterocycles. The van der Waals surface area contributed by atoms with E-state index < -0.39 is 11.5 Å². The molecule has 1 aromatic carbocycles. The number of carbonyl (C=O) groups is 3. The molecule has 1 aliphatic carbocycles. The van der Waals surface area contributed by atoms with Crippen LogP contribution in [0.2, 0.25) is 0 Å². The minimum Gasteiger partial charge on any atom is -0.481 e. The van der Waals surface area contributed by atoms with Crippen molar-refractivity contribution in [2.75, 3.05) is 7.05 Å². The van der Waals surface area contributed by atoms with Gasteiger partial charge in [0.25, 0.3) is 5.91 Å². The summed E-state index contributed by atoms with van der Waals surface area (Å²) in [5, 5.41) is 14.4. The molecule has 1 saturated carbocycles. The van der Waals surface area contributed by atoms with Crippen LogP contribution in [0.3, 0.4) is 0 Å². The maximum Gasteiger partial charge on any atom is 0.305 e. The summed E-state index contributed by atoms with van der Waals surface area (Å²) >= 11 is 0. The highest BCUT2D eigenvalue weighted by Crippen LogP contribution is 2.35. The van der Waals surface area contributed by atoms with E-state index in [2.05, 4.69) is 10.6 Å². The first kappa shape index (κ1) is 17.0. The van der Waals surface area contributed by atoms with E-state index in [4.69, 9.17) is 5.11 Å². The average Bonchev–Trinajstić information content (AvgIpc) is 2.49. The topological polar surface area (TPSA) is 95.5 Å². The number of carboxylic acids is 1. The molecule has 0 aliphatic heterocycles. The van der Waals surface area contributed by atoms with E-state index in [-0.39, 0.29) is 24.7 Å². The highest BCUT2D eigenvalue weighted by atomic mass is 16.4. The zero-order valence-corrected chi connectivity index (χ0v) is 13.2. The smallest absolute Gasteiger partial charge is 0.305 e. The molecule has 0 heterocycles. The zero-order valence-electron chi connectivity index (χ0n) is 13.2. The van der Waals surface area contributed by atoms with Crippen molar-refractivity contribution in [3.05, 3.63) is 35.4 Å². The van der Waals surface area contributed by atoms with Gasteiger partial charge in [-0.3, -0.25) is 14.4 Å². The Hall–Kier alpha value is -2.37. The second-order valence-electron chi connectivity index (χ2n) is 6.03. The molecule has 6 nitrogen and oxygen atoms in total. The highest BCUT2D eigenvalue weighted by molar-refractivity contribution is 5.94. The molecule has 0 atom stereocenters. The third kappa shape index (κ3) is 4.55. The summed E-state index contributed by atoms with van der Waals surface area (Å²) < 4.78 is 0. The molecule has 0 unspecified atom stereocenters. The van der Waals surface area contributed by atoms with Crippen LogP contribution >= 0.6 is 0 Å². The maximum absolute atomic E-state index is 12.1. The van der Waals surface area contributed by atoms with E-state index in [0.717, 1.165) is 24.8 Å². The van der Waals surface area contributed by atoms with Gasteiger partial charge >= 0.3 is 5.97 Å². The summed E-state index contributed by atoms with van der Waals surface area (Å²) in [6.07, 6.45) is 3.15. The van der Waals surface area contributed by atoms with Crippen molar-refractivity contribution in [2.24, 2.45) is 0 Å². The lowest BCUT2D eigenvalue weighted by atomic mass is 9.74. The van der Waals surface area contributed by atoms with Crippen LogP contribution in [0.25, 0.3) is 0 Å². The summed E-state index contributed by atoms with van der Waals surface area (Å²) in [5.74, 6) is -1.19. The fraction of sp³-hybridized carbons (Fsp3) is 0.471. The molecule has 23 heavy (non-hydrogen) atoms. The van der Waals surface area contributed by atoms with Gasteiger partial charge < -0.3 is 15.7 Å². The number of aliphatic carboxylic acids is 1. The summed E-state index contributed by atoms with van der Waals surface area (Å²) in [7, 11) is 1.57. The SMILES string of the molecule is CNC(=O)c1cccc(CCC(=O)NC2(CC(=O)O)CCC2)c1. The molecule has 0 bridgehead atoms. The van der Waals surface area contributed by atoms with Crippen molar-refractivity contribution in [1.29, 1.82) is 0 Å². The fourth-order valence-electron chi connectivity index (χ4n) is 2.87. The minimum atomic E-state index is -0.886. The second kappa shape index (κ2) is 7.26. The maximum atomic E-state index is 12.1. The first-order valence-corrected chi connectivity index (χ1v) is 7.78. The van der Waals surface area contributed by atoms with Crippen LogP contribution in [0.5, 0.6) is 0 Å². The molecule has 1 fully saturated rings. The first-order chi connectivity index (χ1) is 10.9. The van der Waals surface area contributed by atoms with Gasteiger partial charge in [-0.25, -0.2) is 0 Å². The van der Waals surface area contributed by atoms with Crippen molar-refractivity contribution < 1.29 is 19.5 Å². The number of carboxylic acid groups (broad SMARTS) is 1. The van der Waals surface area contributed by atoms with Crippen molar-refractivity contribution in [1.82, 2.24) is 10.6 Å². The Labute approximate surface area is 135 Å². The van der Waals surface area contributed by atoms with Crippen molar-refractivity contribution in [3.63, 3.8) is 0 Å². The van der Waals surface area contributed by atoms with Gasteiger partial charge in [-0.1, -0.05) is 12.1 Å². The molecule has 6 heteroatoms. The van der Waals surface area contributed by atoms with Crippen LogP contribution in [-0.2, 0) is 16.0 Å². The van der Waals surface area contributed by atoms with Crippen molar-refractivity contribution in [2.45, 2.75) is 44.1 Å². The van der Waals surface area contributed by atoms with Gasteiger partial charge in [-0.15, -0.1) is 0 Å². The van der Waals surface area contributed by atoms with Gasteiger partial charge in [0, 0.05) is 19.0 Å². The lowest BCUT2D eigenvalue weighted by molar-refractivity contribution is -0.140. The molecule has 3 N–H and O–H groups in total. The number of nitrogens with one attached hydrogen (secondary N) is 2.